The quantitative estimate of drug-likeness (QED) is 0.792. The number of hydrogen-bond acceptors (Lipinski definition) is 5. The lowest BCUT2D eigenvalue weighted by molar-refractivity contribution is -0.126. The maximum atomic E-state index is 11.9. The number of nitrogens with zero attached hydrogens (tertiary/aromatic N) is 3. The lowest BCUT2D eigenvalue weighted by atomic mass is 9.99. The van der Waals surface area contributed by atoms with Gasteiger partial charge >= 0.3 is 5.97 Å². The highest BCUT2D eigenvalue weighted by Gasteiger charge is 2.39. The van der Waals surface area contributed by atoms with E-state index in [0.29, 0.717) is 24.7 Å². The molecule has 2 N–H and O–H groups in total. The standard InChI is InChI=1S/C12H16N4O3/c1-7-8(9(17)18)6-14-11(15-7)16-5-4-13-10(19)12(16,2)3/h6H,4-5H2,1-3H3,(H,13,19)(H,17,18). The number of hydrogen-bond donors (Lipinski definition) is 2. The predicted octanol–water partition coefficient (Wildman–Crippen LogP) is 0.198. The van der Waals surface area contributed by atoms with Crippen LogP contribution in [0.2, 0.25) is 0 Å². The molecule has 1 aliphatic heterocycles. The molecule has 0 radical (unpaired) electrons. The number of aromatic nitrogens is 2. The van der Waals surface area contributed by atoms with Gasteiger partial charge in [0.1, 0.15) is 5.54 Å². The molecule has 1 saturated heterocycles. The number of rotatable bonds is 2. The number of carboxylic acid groups (broad SMARTS) is 1. The van der Waals surface area contributed by atoms with Gasteiger partial charge in [-0.3, -0.25) is 4.79 Å². The van der Waals surface area contributed by atoms with Crippen LogP contribution in [0.4, 0.5) is 5.95 Å². The van der Waals surface area contributed by atoms with Crippen LogP contribution < -0.4 is 10.2 Å². The summed E-state index contributed by atoms with van der Waals surface area (Å²) in [4.78, 5) is 32.8. The highest BCUT2D eigenvalue weighted by Crippen LogP contribution is 2.23. The number of carboxylic acids is 1. The van der Waals surface area contributed by atoms with Crippen LogP contribution >= 0.6 is 0 Å². The molecule has 7 heteroatoms. The first-order chi connectivity index (χ1) is 8.84. The summed E-state index contributed by atoms with van der Waals surface area (Å²) < 4.78 is 0. The zero-order valence-electron chi connectivity index (χ0n) is 11.1. The van der Waals surface area contributed by atoms with Crippen molar-refractivity contribution in [2.24, 2.45) is 0 Å². The van der Waals surface area contributed by atoms with Crippen LogP contribution in [0, 0.1) is 6.92 Å². The first kappa shape index (κ1) is 13.3. The van der Waals surface area contributed by atoms with Gasteiger partial charge in [-0.25, -0.2) is 14.8 Å². The Morgan fingerprint density at radius 1 is 1.53 bits per heavy atom. The Balaban J connectivity index is 2.39. The smallest absolute Gasteiger partial charge is 0.339 e. The van der Waals surface area contributed by atoms with Gasteiger partial charge < -0.3 is 15.3 Å². The molecule has 7 nitrogen and oxygen atoms in total. The van der Waals surface area contributed by atoms with Crippen LogP contribution in [-0.4, -0.2) is 45.6 Å². The number of amides is 1. The highest BCUT2D eigenvalue weighted by atomic mass is 16.4. The van der Waals surface area contributed by atoms with Crippen LogP contribution in [0.5, 0.6) is 0 Å². The zero-order chi connectivity index (χ0) is 14.2. The van der Waals surface area contributed by atoms with E-state index in [1.165, 1.54) is 6.20 Å². The molecule has 0 unspecified atom stereocenters. The second kappa shape index (κ2) is 4.49. The van der Waals surface area contributed by atoms with E-state index in [9.17, 15) is 9.59 Å². The van der Waals surface area contributed by atoms with Gasteiger partial charge in [-0.1, -0.05) is 0 Å². The second-order valence-corrected chi connectivity index (χ2v) is 4.94. The molecule has 1 fully saturated rings. The van der Waals surface area contributed by atoms with Crippen molar-refractivity contribution in [1.82, 2.24) is 15.3 Å². The van der Waals surface area contributed by atoms with Gasteiger partial charge in [0, 0.05) is 19.3 Å². The van der Waals surface area contributed by atoms with Gasteiger partial charge in [-0.05, 0) is 20.8 Å². The average Bonchev–Trinajstić information content (AvgIpc) is 2.32. The number of piperazine rings is 1. The zero-order valence-corrected chi connectivity index (χ0v) is 11.1. The molecule has 0 bridgehead atoms. The van der Waals surface area contributed by atoms with E-state index < -0.39 is 11.5 Å². The third-order valence-corrected chi connectivity index (χ3v) is 3.29. The lowest BCUT2D eigenvalue weighted by Crippen LogP contribution is -2.62. The van der Waals surface area contributed by atoms with Crippen LogP contribution in [0.1, 0.15) is 29.9 Å². The molecule has 0 atom stereocenters. The summed E-state index contributed by atoms with van der Waals surface area (Å²) in [6.45, 7) is 6.29. The summed E-state index contributed by atoms with van der Waals surface area (Å²) in [7, 11) is 0. The minimum Gasteiger partial charge on any atom is -0.478 e. The molecule has 102 valence electrons. The third kappa shape index (κ3) is 2.23. The van der Waals surface area contributed by atoms with Crippen molar-refractivity contribution in [3.8, 4) is 0 Å². The van der Waals surface area contributed by atoms with Crippen LogP contribution in [0.25, 0.3) is 0 Å². The number of aryl methyl sites for hydroxylation is 1. The van der Waals surface area contributed by atoms with Gasteiger partial charge in [0.25, 0.3) is 0 Å². The summed E-state index contributed by atoms with van der Waals surface area (Å²) in [5, 5.41) is 11.7. The van der Waals surface area contributed by atoms with Gasteiger partial charge in [0.05, 0.1) is 11.3 Å². The SMILES string of the molecule is Cc1nc(N2CCNC(=O)C2(C)C)ncc1C(=O)O. The Hall–Kier alpha value is -2.18. The Morgan fingerprint density at radius 2 is 2.21 bits per heavy atom. The summed E-state index contributed by atoms with van der Waals surface area (Å²) >= 11 is 0. The Morgan fingerprint density at radius 3 is 2.79 bits per heavy atom. The van der Waals surface area contributed by atoms with Crippen molar-refractivity contribution in [3.05, 3.63) is 17.5 Å². The summed E-state index contributed by atoms with van der Waals surface area (Å²) in [6, 6.07) is 0. The molecule has 0 saturated carbocycles. The largest absolute Gasteiger partial charge is 0.478 e. The molecule has 2 rings (SSSR count). The highest BCUT2D eigenvalue weighted by molar-refractivity contribution is 5.90. The van der Waals surface area contributed by atoms with Crippen molar-refractivity contribution < 1.29 is 14.7 Å². The minimum atomic E-state index is -1.06. The Labute approximate surface area is 110 Å². The molecule has 1 aliphatic rings. The van der Waals surface area contributed by atoms with Crippen molar-refractivity contribution in [2.75, 3.05) is 18.0 Å². The van der Waals surface area contributed by atoms with E-state index in [1.807, 2.05) is 0 Å². The molecule has 1 aromatic rings. The van der Waals surface area contributed by atoms with E-state index in [1.54, 1.807) is 25.7 Å². The summed E-state index contributed by atoms with van der Waals surface area (Å²) in [5.41, 5.74) is -0.294. The fraction of sp³-hybridized carbons (Fsp3) is 0.500. The van der Waals surface area contributed by atoms with Gasteiger partial charge in [0.15, 0.2) is 0 Å². The van der Waals surface area contributed by atoms with Crippen molar-refractivity contribution in [3.63, 3.8) is 0 Å². The molecule has 2 heterocycles. The number of anilines is 1. The normalized spacial score (nSPS) is 18.1. The molecule has 0 aliphatic carbocycles. The van der Waals surface area contributed by atoms with E-state index in [0.717, 1.165) is 0 Å². The van der Waals surface area contributed by atoms with Gasteiger partial charge in [-0.2, -0.15) is 0 Å². The first-order valence-corrected chi connectivity index (χ1v) is 5.97. The Kier molecular flexibility index (Phi) is 3.13. The fourth-order valence-electron chi connectivity index (χ4n) is 2.04. The first-order valence-electron chi connectivity index (χ1n) is 5.97. The maximum Gasteiger partial charge on any atom is 0.339 e. The molecule has 1 amide bonds. The van der Waals surface area contributed by atoms with Crippen LogP contribution in [0.3, 0.4) is 0 Å². The van der Waals surface area contributed by atoms with Crippen molar-refractivity contribution in [2.45, 2.75) is 26.3 Å². The third-order valence-electron chi connectivity index (χ3n) is 3.29. The van der Waals surface area contributed by atoms with Gasteiger partial charge in [0.2, 0.25) is 11.9 Å². The molecule has 19 heavy (non-hydrogen) atoms. The molecule has 0 spiro atoms. The van der Waals surface area contributed by atoms with Crippen LogP contribution in [-0.2, 0) is 4.79 Å². The molecular weight excluding hydrogens is 248 g/mol. The van der Waals surface area contributed by atoms with Crippen molar-refractivity contribution in [1.29, 1.82) is 0 Å². The lowest BCUT2D eigenvalue weighted by Gasteiger charge is -2.41. The molecule has 1 aromatic heterocycles. The second-order valence-electron chi connectivity index (χ2n) is 4.94. The predicted molar refractivity (Wildman–Crippen MR) is 68.2 cm³/mol. The number of aromatic carboxylic acids is 1. The summed E-state index contributed by atoms with van der Waals surface area (Å²) in [6.07, 6.45) is 1.28. The number of carbonyl (C=O) groups is 2. The van der Waals surface area contributed by atoms with E-state index in [-0.39, 0.29) is 11.5 Å². The minimum absolute atomic E-state index is 0.0722. The average molecular weight is 264 g/mol. The Bertz CT molecular complexity index is 542. The maximum absolute atomic E-state index is 11.9. The van der Waals surface area contributed by atoms with E-state index in [2.05, 4.69) is 15.3 Å². The fourth-order valence-corrected chi connectivity index (χ4v) is 2.04. The monoisotopic (exact) mass is 264 g/mol. The molecule has 0 aromatic carbocycles. The summed E-state index contributed by atoms with van der Waals surface area (Å²) in [5.74, 6) is -0.774. The van der Waals surface area contributed by atoms with E-state index >= 15 is 0 Å². The number of carbonyl (C=O) groups excluding carboxylic acids is 1. The topological polar surface area (TPSA) is 95.4 Å². The van der Waals surface area contributed by atoms with Gasteiger partial charge in [-0.15, -0.1) is 0 Å². The number of nitrogens with one attached hydrogen (secondary N) is 1. The molecular formula is C12H16N4O3. The van der Waals surface area contributed by atoms with Crippen LogP contribution in [0.15, 0.2) is 6.20 Å². The van der Waals surface area contributed by atoms with Crippen molar-refractivity contribution >= 4 is 17.8 Å². The van der Waals surface area contributed by atoms with E-state index in [4.69, 9.17) is 5.11 Å².